The van der Waals surface area contributed by atoms with Gasteiger partial charge < -0.3 is 0 Å². The Morgan fingerprint density at radius 1 is 1.23 bits per heavy atom. The van der Waals surface area contributed by atoms with Gasteiger partial charge in [0.25, 0.3) is 5.78 Å². The number of rotatable bonds is 4. The highest BCUT2D eigenvalue weighted by Gasteiger charge is 2.13. The Bertz CT molecular complexity index is 845. The molecule has 0 aliphatic heterocycles. The second-order valence-electron chi connectivity index (χ2n) is 4.88. The number of halogens is 1. The first-order chi connectivity index (χ1) is 10.5. The van der Waals surface area contributed by atoms with Crippen LogP contribution in [-0.2, 0) is 0 Å². The fourth-order valence-electron chi connectivity index (χ4n) is 2.14. The van der Waals surface area contributed by atoms with Crippen molar-refractivity contribution in [2.75, 3.05) is 5.75 Å². The number of benzene rings is 1. The minimum absolute atomic E-state index is 0.0838. The van der Waals surface area contributed by atoms with Gasteiger partial charge >= 0.3 is 0 Å². The quantitative estimate of drug-likeness (QED) is 0.547. The molecule has 0 bridgehead atoms. The molecule has 0 radical (unpaired) electrons. The van der Waals surface area contributed by atoms with Crippen LogP contribution in [0.3, 0.4) is 0 Å². The fraction of sp³-hybridized carbons (Fsp3) is 0.200. The summed E-state index contributed by atoms with van der Waals surface area (Å²) < 4.78 is 14.7. The normalized spacial score (nSPS) is 11.0. The van der Waals surface area contributed by atoms with Crippen LogP contribution < -0.4 is 0 Å². The SMILES string of the molecule is Cc1cc(C)n2c(SCC(=O)c3ccc(F)cc3)nnc2n1. The molecule has 2 aromatic heterocycles. The number of aryl methyl sites for hydroxylation is 2. The van der Waals surface area contributed by atoms with Gasteiger partial charge in [-0.1, -0.05) is 11.8 Å². The fourth-order valence-corrected chi connectivity index (χ4v) is 3.02. The second kappa shape index (κ2) is 5.84. The van der Waals surface area contributed by atoms with Crippen molar-refractivity contribution in [1.29, 1.82) is 0 Å². The van der Waals surface area contributed by atoms with Crippen molar-refractivity contribution in [2.45, 2.75) is 19.0 Å². The Morgan fingerprint density at radius 3 is 2.68 bits per heavy atom. The highest BCUT2D eigenvalue weighted by Crippen LogP contribution is 2.20. The van der Waals surface area contributed by atoms with Crippen molar-refractivity contribution in [2.24, 2.45) is 0 Å². The van der Waals surface area contributed by atoms with E-state index in [4.69, 9.17) is 0 Å². The summed E-state index contributed by atoms with van der Waals surface area (Å²) in [6.45, 7) is 3.84. The van der Waals surface area contributed by atoms with Gasteiger partial charge in [-0.3, -0.25) is 9.20 Å². The Kier molecular flexibility index (Phi) is 3.89. The van der Waals surface area contributed by atoms with E-state index in [0.717, 1.165) is 11.4 Å². The Labute approximate surface area is 130 Å². The molecule has 0 N–H and O–H groups in total. The van der Waals surface area contributed by atoms with Crippen LogP contribution in [0.1, 0.15) is 21.7 Å². The first-order valence-corrected chi connectivity index (χ1v) is 7.64. The summed E-state index contributed by atoms with van der Waals surface area (Å²) in [7, 11) is 0. The van der Waals surface area contributed by atoms with E-state index in [1.807, 2.05) is 24.3 Å². The largest absolute Gasteiger partial charge is 0.293 e. The lowest BCUT2D eigenvalue weighted by Gasteiger charge is -2.04. The van der Waals surface area contributed by atoms with Crippen molar-refractivity contribution in [3.05, 3.63) is 53.1 Å². The maximum Gasteiger partial charge on any atom is 0.256 e. The number of thioether (sulfide) groups is 1. The first kappa shape index (κ1) is 14.6. The molecule has 112 valence electrons. The van der Waals surface area contributed by atoms with Crippen LogP contribution in [0.15, 0.2) is 35.5 Å². The molecule has 1 aromatic carbocycles. The lowest BCUT2D eigenvalue weighted by molar-refractivity contribution is 0.102. The van der Waals surface area contributed by atoms with Gasteiger partial charge in [-0.05, 0) is 44.2 Å². The number of aromatic nitrogens is 4. The Hall–Kier alpha value is -2.28. The van der Waals surface area contributed by atoms with Gasteiger partial charge in [-0.15, -0.1) is 10.2 Å². The maximum absolute atomic E-state index is 12.9. The maximum atomic E-state index is 12.9. The summed E-state index contributed by atoms with van der Waals surface area (Å²) in [5.74, 6) is 0.290. The molecule has 0 atom stereocenters. The van der Waals surface area contributed by atoms with Gasteiger partial charge in [0.2, 0.25) is 0 Å². The van der Waals surface area contributed by atoms with E-state index < -0.39 is 0 Å². The molecule has 0 aliphatic carbocycles. The molecule has 3 rings (SSSR count). The standard InChI is InChI=1S/C15H13FN4OS/c1-9-7-10(2)20-14(17-9)18-19-15(20)22-8-13(21)11-3-5-12(16)6-4-11/h3-7H,8H2,1-2H3. The van der Waals surface area contributed by atoms with Crippen molar-refractivity contribution >= 4 is 23.3 Å². The van der Waals surface area contributed by atoms with Gasteiger partial charge in [0.15, 0.2) is 10.9 Å². The summed E-state index contributed by atoms with van der Waals surface area (Å²) in [4.78, 5) is 16.4. The molecule has 2 heterocycles. The molecule has 0 saturated carbocycles. The van der Waals surface area contributed by atoms with E-state index in [0.29, 0.717) is 16.5 Å². The van der Waals surface area contributed by atoms with E-state index in [2.05, 4.69) is 15.2 Å². The first-order valence-electron chi connectivity index (χ1n) is 6.65. The van der Waals surface area contributed by atoms with Crippen molar-refractivity contribution < 1.29 is 9.18 Å². The minimum atomic E-state index is -0.357. The summed E-state index contributed by atoms with van der Waals surface area (Å²) in [6.07, 6.45) is 0. The smallest absolute Gasteiger partial charge is 0.256 e. The third kappa shape index (κ3) is 2.85. The van der Waals surface area contributed by atoms with Gasteiger partial charge in [0.1, 0.15) is 5.82 Å². The predicted octanol–water partition coefficient (Wildman–Crippen LogP) is 2.86. The summed E-state index contributed by atoms with van der Waals surface area (Å²) >= 11 is 1.29. The molecule has 7 heteroatoms. The third-order valence-electron chi connectivity index (χ3n) is 3.16. The summed E-state index contributed by atoms with van der Waals surface area (Å²) in [6, 6.07) is 7.46. The lowest BCUT2D eigenvalue weighted by Crippen LogP contribution is -2.04. The zero-order valence-corrected chi connectivity index (χ0v) is 12.9. The second-order valence-corrected chi connectivity index (χ2v) is 5.82. The van der Waals surface area contributed by atoms with Crippen molar-refractivity contribution in [3.8, 4) is 0 Å². The third-order valence-corrected chi connectivity index (χ3v) is 4.09. The molecular formula is C15H13FN4OS. The summed E-state index contributed by atoms with van der Waals surface area (Å²) in [5, 5.41) is 8.72. The molecule has 0 saturated heterocycles. The van der Waals surface area contributed by atoms with Crippen LogP contribution in [0.25, 0.3) is 5.78 Å². The van der Waals surface area contributed by atoms with Crippen LogP contribution >= 0.6 is 11.8 Å². The Morgan fingerprint density at radius 2 is 1.95 bits per heavy atom. The van der Waals surface area contributed by atoms with Crippen LogP contribution in [0.2, 0.25) is 0 Å². The van der Waals surface area contributed by atoms with Crippen molar-refractivity contribution in [1.82, 2.24) is 19.6 Å². The van der Waals surface area contributed by atoms with Gasteiger partial charge in [-0.2, -0.15) is 0 Å². The van der Waals surface area contributed by atoms with Gasteiger partial charge in [-0.25, -0.2) is 9.37 Å². The number of nitrogens with zero attached hydrogens (tertiary/aromatic N) is 4. The Balaban J connectivity index is 1.79. The van der Waals surface area contributed by atoms with E-state index in [-0.39, 0.29) is 17.4 Å². The van der Waals surface area contributed by atoms with Crippen LogP contribution in [0.5, 0.6) is 0 Å². The van der Waals surface area contributed by atoms with Crippen LogP contribution in [-0.4, -0.2) is 31.1 Å². The van der Waals surface area contributed by atoms with Gasteiger partial charge in [0, 0.05) is 17.0 Å². The molecular weight excluding hydrogens is 303 g/mol. The van der Waals surface area contributed by atoms with E-state index in [1.54, 1.807) is 0 Å². The highest BCUT2D eigenvalue weighted by molar-refractivity contribution is 7.99. The average Bonchev–Trinajstić information content (AvgIpc) is 2.88. The number of fused-ring (bicyclic) bond motifs is 1. The number of carbonyl (C=O) groups is 1. The minimum Gasteiger partial charge on any atom is -0.293 e. The predicted molar refractivity (Wildman–Crippen MR) is 81.7 cm³/mol. The zero-order valence-electron chi connectivity index (χ0n) is 12.1. The molecule has 3 aromatic rings. The topological polar surface area (TPSA) is 60.2 Å². The number of hydrogen-bond acceptors (Lipinski definition) is 5. The lowest BCUT2D eigenvalue weighted by atomic mass is 10.1. The molecule has 0 aliphatic rings. The highest BCUT2D eigenvalue weighted by atomic mass is 32.2. The molecule has 0 fully saturated rings. The van der Waals surface area contributed by atoms with E-state index in [9.17, 15) is 9.18 Å². The van der Waals surface area contributed by atoms with E-state index in [1.165, 1.54) is 36.0 Å². The molecule has 22 heavy (non-hydrogen) atoms. The summed E-state index contributed by atoms with van der Waals surface area (Å²) in [5.41, 5.74) is 2.31. The zero-order chi connectivity index (χ0) is 15.7. The van der Waals surface area contributed by atoms with Crippen LogP contribution in [0, 0.1) is 19.7 Å². The molecule has 0 unspecified atom stereocenters. The molecule has 0 spiro atoms. The number of carbonyl (C=O) groups excluding carboxylic acids is 1. The van der Waals surface area contributed by atoms with E-state index >= 15 is 0 Å². The van der Waals surface area contributed by atoms with Crippen LogP contribution in [0.4, 0.5) is 4.39 Å². The number of ketones is 1. The van der Waals surface area contributed by atoms with Gasteiger partial charge in [0.05, 0.1) is 5.75 Å². The number of hydrogen-bond donors (Lipinski definition) is 0. The van der Waals surface area contributed by atoms with Crippen molar-refractivity contribution in [3.63, 3.8) is 0 Å². The monoisotopic (exact) mass is 316 g/mol. The molecule has 0 amide bonds. The molecule has 5 nitrogen and oxygen atoms in total. The average molecular weight is 316 g/mol. The number of Topliss-reactive ketones (excluding diaryl/α,β-unsaturated/α-hetero) is 1.